The van der Waals surface area contributed by atoms with E-state index in [4.69, 9.17) is 5.26 Å². The average Bonchev–Trinajstić information content (AvgIpc) is 2.38. The molecule has 1 N–H and O–H groups in total. The van der Waals surface area contributed by atoms with Gasteiger partial charge >= 0.3 is 6.18 Å². The van der Waals surface area contributed by atoms with Gasteiger partial charge in [-0.1, -0.05) is 0 Å². The van der Waals surface area contributed by atoms with E-state index < -0.39 is 37.0 Å². The van der Waals surface area contributed by atoms with E-state index in [1.54, 1.807) is 0 Å². The molecule has 4 nitrogen and oxygen atoms in total. The molecule has 0 radical (unpaired) electrons. The fraction of sp³-hybridized carbons (Fsp3) is 0.357. The van der Waals surface area contributed by atoms with Crippen molar-refractivity contribution in [2.75, 3.05) is 5.32 Å². The van der Waals surface area contributed by atoms with Gasteiger partial charge in [-0.25, -0.2) is 12.8 Å². The van der Waals surface area contributed by atoms with Crippen LogP contribution in [0.5, 0.6) is 0 Å². The van der Waals surface area contributed by atoms with Gasteiger partial charge in [-0.3, -0.25) is 0 Å². The molecule has 0 aliphatic heterocycles. The van der Waals surface area contributed by atoms with E-state index in [-0.39, 0.29) is 5.69 Å². The number of halogens is 4. The van der Waals surface area contributed by atoms with Crippen LogP contribution in [-0.2, 0) is 16.0 Å². The third-order valence-electron chi connectivity index (χ3n) is 2.85. The van der Waals surface area contributed by atoms with Gasteiger partial charge in [0.1, 0.15) is 11.9 Å². The van der Waals surface area contributed by atoms with Crippen molar-refractivity contribution in [3.05, 3.63) is 40.7 Å². The number of allylic oxidation sites excluding steroid dienone is 1. The number of sulfone groups is 1. The molecule has 1 rings (SSSR count). The number of nitrogens with one attached hydrogen (secondary N) is 1. The van der Waals surface area contributed by atoms with Crippen molar-refractivity contribution in [1.82, 2.24) is 0 Å². The summed E-state index contributed by atoms with van der Waals surface area (Å²) in [6.07, 6.45) is -4.10. The second-order valence-electron chi connectivity index (χ2n) is 5.57. The number of benzene rings is 1. The van der Waals surface area contributed by atoms with Crippen molar-refractivity contribution < 1.29 is 26.0 Å². The van der Waals surface area contributed by atoms with Crippen molar-refractivity contribution in [1.29, 1.82) is 5.26 Å². The van der Waals surface area contributed by atoms with Crippen LogP contribution in [0, 0.1) is 17.1 Å². The molecule has 0 unspecified atom stereocenters. The molecule has 1 aromatic carbocycles. The van der Waals surface area contributed by atoms with Gasteiger partial charge in [0.15, 0.2) is 14.7 Å². The third kappa shape index (κ3) is 4.22. The number of nitrogens with zero attached hydrogens (tertiary/aromatic N) is 1. The quantitative estimate of drug-likeness (QED) is 0.664. The highest BCUT2D eigenvalue weighted by molar-refractivity contribution is 7.96. The van der Waals surface area contributed by atoms with Crippen LogP contribution in [0.1, 0.15) is 26.3 Å². The first-order chi connectivity index (χ1) is 10.3. The summed E-state index contributed by atoms with van der Waals surface area (Å²) in [5.74, 6) is -1.45. The molecular weight excluding hydrogens is 336 g/mol. The Balaban J connectivity index is 3.22. The number of hydrogen-bond acceptors (Lipinski definition) is 4. The maximum absolute atomic E-state index is 13.2. The van der Waals surface area contributed by atoms with E-state index in [9.17, 15) is 26.0 Å². The first-order valence-corrected chi connectivity index (χ1v) is 7.77. The van der Waals surface area contributed by atoms with Gasteiger partial charge in [0.25, 0.3) is 0 Å². The van der Waals surface area contributed by atoms with Gasteiger partial charge in [0, 0.05) is 11.9 Å². The van der Waals surface area contributed by atoms with Crippen LogP contribution in [-0.4, -0.2) is 13.2 Å². The second kappa shape index (κ2) is 6.20. The monoisotopic (exact) mass is 350 g/mol. The summed E-state index contributed by atoms with van der Waals surface area (Å²) in [5, 5.41) is 11.2. The predicted molar refractivity (Wildman–Crippen MR) is 77.4 cm³/mol. The molecule has 9 heteroatoms. The summed E-state index contributed by atoms with van der Waals surface area (Å²) in [6.45, 7) is 4.15. The maximum atomic E-state index is 13.2. The van der Waals surface area contributed by atoms with Crippen molar-refractivity contribution in [2.45, 2.75) is 31.7 Å². The molecule has 0 spiro atoms. The van der Waals surface area contributed by atoms with E-state index in [1.165, 1.54) is 26.8 Å². The number of hydrogen-bond donors (Lipinski definition) is 1. The Morgan fingerprint density at radius 1 is 1.26 bits per heavy atom. The minimum Gasteiger partial charge on any atom is -0.360 e. The van der Waals surface area contributed by atoms with Crippen molar-refractivity contribution >= 4 is 15.5 Å². The highest BCUT2D eigenvalue weighted by Gasteiger charge is 2.35. The molecule has 0 aromatic heterocycles. The zero-order chi connectivity index (χ0) is 18.1. The molecule has 23 heavy (non-hydrogen) atoms. The lowest BCUT2D eigenvalue weighted by Gasteiger charge is -2.18. The Hall–Kier alpha value is -2.08. The number of alkyl halides is 3. The van der Waals surface area contributed by atoms with Gasteiger partial charge in [-0.05, 0) is 39.0 Å². The molecule has 0 aliphatic carbocycles. The van der Waals surface area contributed by atoms with E-state index in [2.05, 4.69) is 5.32 Å². The molecule has 126 valence electrons. The lowest BCUT2D eigenvalue weighted by atomic mass is 10.2. The molecule has 0 aliphatic rings. The van der Waals surface area contributed by atoms with E-state index in [0.29, 0.717) is 12.1 Å². The van der Waals surface area contributed by atoms with Crippen molar-refractivity contribution in [2.24, 2.45) is 0 Å². The number of rotatable bonds is 3. The molecule has 0 amide bonds. The molecule has 0 fully saturated rings. The Morgan fingerprint density at radius 3 is 2.26 bits per heavy atom. The Labute approximate surface area is 131 Å². The molecule has 0 saturated carbocycles. The van der Waals surface area contributed by atoms with E-state index in [0.717, 1.165) is 12.3 Å². The summed E-state index contributed by atoms with van der Waals surface area (Å²) in [5.41, 5.74) is -1.69. The van der Waals surface area contributed by atoms with Crippen molar-refractivity contribution in [3.63, 3.8) is 0 Å². The van der Waals surface area contributed by atoms with Crippen LogP contribution < -0.4 is 5.32 Å². The molecule has 0 saturated heterocycles. The van der Waals surface area contributed by atoms with Crippen LogP contribution >= 0.6 is 0 Å². The standard InChI is InChI=1S/C14H14F4N2O2S/c1-13(2,3)23(21,22)10(7-19)8-20-9-4-5-12(15)11(6-9)14(16,17)18/h4-6,8,20H,1-3H3. The summed E-state index contributed by atoms with van der Waals surface area (Å²) in [7, 11) is -3.96. The van der Waals surface area contributed by atoms with E-state index in [1.807, 2.05) is 0 Å². The number of nitriles is 1. The fourth-order valence-corrected chi connectivity index (χ4v) is 2.47. The second-order valence-corrected chi connectivity index (χ2v) is 8.24. The summed E-state index contributed by atoms with van der Waals surface area (Å²) in [6, 6.07) is 3.58. The molecule has 1 aromatic rings. The first-order valence-electron chi connectivity index (χ1n) is 6.29. The average molecular weight is 350 g/mol. The summed E-state index contributed by atoms with van der Waals surface area (Å²) in [4.78, 5) is -0.636. The summed E-state index contributed by atoms with van der Waals surface area (Å²) < 4.78 is 74.0. The highest BCUT2D eigenvalue weighted by Crippen LogP contribution is 2.33. The molecular formula is C14H14F4N2O2S. The van der Waals surface area contributed by atoms with Crippen LogP contribution in [0.4, 0.5) is 23.2 Å². The van der Waals surface area contributed by atoms with Gasteiger partial charge in [-0.15, -0.1) is 0 Å². The van der Waals surface area contributed by atoms with Gasteiger partial charge in [0.2, 0.25) is 0 Å². The Kier molecular flexibility index (Phi) is 5.11. The zero-order valence-corrected chi connectivity index (χ0v) is 13.3. The minimum absolute atomic E-state index is 0.199. The topological polar surface area (TPSA) is 70.0 Å². The van der Waals surface area contributed by atoms with Crippen LogP contribution in [0.3, 0.4) is 0 Å². The molecule has 0 bridgehead atoms. The Bertz CT molecular complexity index is 769. The largest absolute Gasteiger partial charge is 0.419 e. The van der Waals surface area contributed by atoms with Crippen molar-refractivity contribution in [3.8, 4) is 6.07 Å². The lowest BCUT2D eigenvalue weighted by Crippen LogP contribution is -2.29. The first kappa shape index (κ1) is 19.0. The molecule has 0 heterocycles. The SMILES string of the molecule is CC(C)(C)S(=O)(=O)C(C#N)=CNc1ccc(F)c(C(F)(F)F)c1. The third-order valence-corrected chi connectivity index (χ3v) is 5.25. The summed E-state index contributed by atoms with van der Waals surface area (Å²) >= 11 is 0. The van der Waals surface area contributed by atoms with Crippen LogP contribution in [0.15, 0.2) is 29.3 Å². The van der Waals surface area contributed by atoms with Gasteiger partial charge in [0.05, 0.1) is 10.3 Å². The van der Waals surface area contributed by atoms with Crippen LogP contribution in [0.2, 0.25) is 0 Å². The van der Waals surface area contributed by atoms with E-state index >= 15 is 0 Å². The lowest BCUT2D eigenvalue weighted by molar-refractivity contribution is -0.139. The fourth-order valence-electron chi connectivity index (χ4n) is 1.48. The highest BCUT2D eigenvalue weighted by atomic mass is 32.2. The Morgan fingerprint density at radius 2 is 1.83 bits per heavy atom. The smallest absolute Gasteiger partial charge is 0.360 e. The van der Waals surface area contributed by atoms with Gasteiger partial charge < -0.3 is 5.32 Å². The minimum atomic E-state index is -4.89. The maximum Gasteiger partial charge on any atom is 0.419 e. The molecule has 0 atom stereocenters. The number of anilines is 1. The van der Waals surface area contributed by atoms with Gasteiger partial charge in [-0.2, -0.15) is 18.4 Å². The van der Waals surface area contributed by atoms with Crippen LogP contribution in [0.25, 0.3) is 0 Å². The predicted octanol–water partition coefficient (Wildman–Crippen LogP) is 3.83. The zero-order valence-electron chi connectivity index (χ0n) is 12.5. The normalized spacial score (nSPS) is 13.6.